The maximum absolute atomic E-state index is 12.0. The van der Waals surface area contributed by atoms with Crippen molar-refractivity contribution in [3.8, 4) is 0 Å². The molecular formula is C17H27ClN2O2. The van der Waals surface area contributed by atoms with Gasteiger partial charge in [0, 0.05) is 31.0 Å². The third-order valence-corrected chi connectivity index (χ3v) is 4.31. The highest BCUT2D eigenvalue weighted by molar-refractivity contribution is 5.85. The van der Waals surface area contributed by atoms with E-state index in [1.165, 1.54) is 5.56 Å². The van der Waals surface area contributed by atoms with Gasteiger partial charge in [0.2, 0.25) is 5.91 Å². The molecule has 2 rings (SSSR count). The van der Waals surface area contributed by atoms with Gasteiger partial charge in [-0.3, -0.25) is 4.79 Å². The average Bonchev–Trinajstić information content (AvgIpc) is 2.52. The van der Waals surface area contributed by atoms with Crippen LogP contribution in [-0.2, 0) is 9.53 Å². The minimum absolute atomic E-state index is 0. The Kier molecular flexibility index (Phi) is 7.87. The van der Waals surface area contributed by atoms with E-state index in [0.29, 0.717) is 12.5 Å². The van der Waals surface area contributed by atoms with Crippen molar-refractivity contribution in [3.63, 3.8) is 0 Å². The van der Waals surface area contributed by atoms with Crippen molar-refractivity contribution in [3.05, 3.63) is 35.9 Å². The number of hydrogen-bond acceptors (Lipinski definition) is 3. The van der Waals surface area contributed by atoms with E-state index in [1.54, 1.807) is 0 Å². The highest BCUT2D eigenvalue weighted by Gasteiger charge is 2.28. The van der Waals surface area contributed by atoms with E-state index in [4.69, 9.17) is 10.5 Å². The predicted octanol–water partition coefficient (Wildman–Crippen LogP) is 2.68. The topological polar surface area (TPSA) is 64.4 Å². The van der Waals surface area contributed by atoms with Gasteiger partial charge in [-0.1, -0.05) is 37.3 Å². The Hall–Kier alpha value is -1.10. The number of rotatable bonds is 5. The molecule has 3 N–H and O–H groups in total. The van der Waals surface area contributed by atoms with Gasteiger partial charge in [0.1, 0.15) is 0 Å². The number of nitrogens with two attached hydrogens (primary N) is 1. The molecule has 1 aliphatic rings. The van der Waals surface area contributed by atoms with Gasteiger partial charge in [-0.05, 0) is 25.3 Å². The van der Waals surface area contributed by atoms with Gasteiger partial charge in [0.05, 0.1) is 6.10 Å². The second-order valence-electron chi connectivity index (χ2n) is 6.00. The van der Waals surface area contributed by atoms with Gasteiger partial charge in [0.15, 0.2) is 0 Å². The van der Waals surface area contributed by atoms with Crippen LogP contribution in [0.15, 0.2) is 30.3 Å². The van der Waals surface area contributed by atoms with Crippen molar-refractivity contribution >= 4 is 18.3 Å². The predicted molar refractivity (Wildman–Crippen MR) is 90.9 cm³/mol. The van der Waals surface area contributed by atoms with Crippen LogP contribution in [0.25, 0.3) is 0 Å². The number of carbonyl (C=O) groups is 1. The van der Waals surface area contributed by atoms with E-state index in [-0.39, 0.29) is 36.4 Å². The first-order chi connectivity index (χ1) is 10.1. The second kappa shape index (κ2) is 9.13. The first-order valence-electron chi connectivity index (χ1n) is 7.79. The fraction of sp³-hybridized carbons (Fsp3) is 0.588. The van der Waals surface area contributed by atoms with Crippen LogP contribution in [0.3, 0.4) is 0 Å². The minimum atomic E-state index is -0.162. The Morgan fingerprint density at radius 3 is 2.68 bits per heavy atom. The first kappa shape index (κ1) is 18.9. The summed E-state index contributed by atoms with van der Waals surface area (Å²) in [6.45, 7) is 5.17. The van der Waals surface area contributed by atoms with Crippen LogP contribution in [0.1, 0.15) is 38.4 Å². The summed E-state index contributed by atoms with van der Waals surface area (Å²) in [5.41, 5.74) is 6.97. The molecule has 5 heteroatoms. The van der Waals surface area contributed by atoms with Crippen LogP contribution in [0, 0.1) is 11.8 Å². The summed E-state index contributed by atoms with van der Waals surface area (Å²) < 4.78 is 5.94. The average molecular weight is 327 g/mol. The van der Waals surface area contributed by atoms with Gasteiger partial charge in [0.25, 0.3) is 0 Å². The Morgan fingerprint density at radius 1 is 1.36 bits per heavy atom. The largest absolute Gasteiger partial charge is 0.373 e. The normalized spacial score (nSPS) is 24.0. The molecule has 4 unspecified atom stereocenters. The third kappa shape index (κ3) is 4.97. The molecule has 1 heterocycles. The second-order valence-corrected chi connectivity index (χ2v) is 6.00. The molecule has 4 nitrogen and oxygen atoms in total. The van der Waals surface area contributed by atoms with Gasteiger partial charge >= 0.3 is 0 Å². The van der Waals surface area contributed by atoms with Gasteiger partial charge in [-0.2, -0.15) is 0 Å². The Morgan fingerprint density at radius 2 is 2.05 bits per heavy atom. The molecule has 0 aliphatic carbocycles. The van der Waals surface area contributed by atoms with Gasteiger partial charge in [-0.25, -0.2) is 0 Å². The quantitative estimate of drug-likeness (QED) is 0.874. The van der Waals surface area contributed by atoms with Crippen LogP contribution in [0.4, 0.5) is 0 Å². The standard InChI is InChI=1S/C17H26N2O2.ClH/c1-12(13(2)18)17(20)19-11-15-9-6-10-21-16(15)14-7-4-3-5-8-14;/h3-5,7-8,12-13,15-16H,6,9-11,18H2,1-2H3,(H,19,20);1H. The molecule has 1 aromatic carbocycles. The molecule has 0 bridgehead atoms. The van der Waals surface area contributed by atoms with E-state index in [2.05, 4.69) is 17.4 Å². The maximum Gasteiger partial charge on any atom is 0.224 e. The summed E-state index contributed by atoms with van der Waals surface area (Å²) in [7, 11) is 0. The summed E-state index contributed by atoms with van der Waals surface area (Å²) in [4.78, 5) is 12.0. The van der Waals surface area contributed by atoms with Crippen molar-refractivity contribution in [2.24, 2.45) is 17.6 Å². The molecule has 0 spiro atoms. The van der Waals surface area contributed by atoms with E-state index in [0.717, 1.165) is 19.4 Å². The molecule has 1 aromatic rings. The fourth-order valence-corrected chi connectivity index (χ4v) is 2.69. The highest BCUT2D eigenvalue weighted by atomic mass is 35.5. The molecule has 1 amide bonds. The SMILES string of the molecule is CC(N)C(C)C(=O)NCC1CCCOC1c1ccccc1.Cl. The van der Waals surface area contributed by atoms with Crippen LogP contribution < -0.4 is 11.1 Å². The Balaban J connectivity index is 0.00000242. The molecule has 124 valence electrons. The molecule has 0 saturated carbocycles. The maximum atomic E-state index is 12.0. The van der Waals surface area contributed by atoms with Gasteiger partial charge in [-0.15, -0.1) is 12.4 Å². The summed E-state index contributed by atoms with van der Waals surface area (Å²) >= 11 is 0. The number of amides is 1. The van der Waals surface area contributed by atoms with E-state index < -0.39 is 0 Å². The number of carbonyl (C=O) groups excluding carboxylic acids is 1. The van der Waals surface area contributed by atoms with Crippen molar-refractivity contribution in [1.82, 2.24) is 5.32 Å². The number of benzene rings is 1. The lowest BCUT2D eigenvalue weighted by atomic mass is 9.89. The number of nitrogens with one attached hydrogen (secondary N) is 1. The fourth-order valence-electron chi connectivity index (χ4n) is 2.69. The molecule has 4 atom stereocenters. The molecule has 0 radical (unpaired) electrons. The highest BCUT2D eigenvalue weighted by Crippen LogP contribution is 2.33. The van der Waals surface area contributed by atoms with Crippen molar-refractivity contribution in [1.29, 1.82) is 0 Å². The lowest BCUT2D eigenvalue weighted by molar-refractivity contribution is -0.125. The zero-order valence-corrected chi connectivity index (χ0v) is 14.1. The van der Waals surface area contributed by atoms with Crippen LogP contribution in [0.2, 0.25) is 0 Å². The van der Waals surface area contributed by atoms with Crippen LogP contribution in [-0.4, -0.2) is 25.1 Å². The lowest BCUT2D eigenvalue weighted by Gasteiger charge is -2.32. The summed E-state index contributed by atoms with van der Waals surface area (Å²) in [5.74, 6) is 0.192. The Labute approximate surface area is 139 Å². The minimum Gasteiger partial charge on any atom is -0.373 e. The molecular weight excluding hydrogens is 300 g/mol. The van der Waals surface area contributed by atoms with Crippen molar-refractivity contribution in [2.75, 3.05) is 13.2 Å². The summed E-state index contributed by atoms with van der Waals surface area (Å²) in [6.07, 6.45) is 2.20. The van der Waals surface area contributed by atoms with E-state index in [1.807, 2.05) is 32.0 Å². The third-order valence-electron chi connectivity index (χ3n) is 4.31. The van der Waals surface area contributed by atoms with Crippen LogP contribution in [0.5, 0.6) is 0 Å². The lowest BCUT2D eigenvalue weighted by Crippen LogP contribution is -2.42. The summed E-state index contributed by atoms with van der Waals surface area (Å²) in [5, 5.41) is 3.03. The number of hydrogen-bond donors (Lipinski definition) is 2. The monoisotopic (exact) mass is 326 g/mol. The van der Waals surface area contributed by atoms with E-state index in [9.17, 15) is 4.79 Å². The zero-order valence-electron chi connectivity index (χ0n) is 13.3. The van der Waals surface area contributed by atoms with E-state index >= 15 is 0 Å². The van der Waals surface area contributed by atoms with Gasteiger partial charge < -0.3 is 15.8 Å². The van der Waals surface area contributed by atoms with Crippen molar-refractivity contribution in [2.45, 2.75) is 38.8 Å². The summed E-state index contributed by atoms with van der Waals surface area (Å²) in [6, 6.07) is 10.1. The smallest absolute Gasteiger partial charge is 0.224 e. The molecule has 1 saturated heterocycles. The number of halogens is 1. The van der Waals surface area contributed by atoms with Crippen LogP contribution >= 0.6 is 12.4 Å². The molecule has 0 aromatic heterocycles. The molecule has 22 heavy (non-hydrogen) atoms. The zero-order chi connectivity index (χ0) is 15.2. The Bertz CT molecular complexity index is 453. The molecule has 1 aliphatic heterocycles. The van der Waals surface area contributed by atoms with Crippen molar-refractivity contribution < 1.29 is 9.53 Å². The number of ether oxygens (including phenoxy) is 1. The molecule has 1 fully saturated rings. The first-order valence-corrected chi connectivity index (χ1v) is 7.79.